The molecule has 7 heteroatoms. The maximum atomic E-state index is 12.7. The van der Waals surface area contributed by atoms with Crippen molar-refractivity contribution in [2.24, 2.45) is 11.7 Å². The lowest BCUT2D eigenvalue weighted by molar-refractivity contribution is -0.128. The summed E-state index contributed by atoms with van der Waals surface area (Å²) in [5.41, 5.74) is 6.12. The quantitative estimate of drug-likeness (QED) is 0.733. The van der Waals surface area contributed by atoms with Crippen molar-refractivity contribution in [3.8, 4) is 11.5 Å². The van der Waals surface area contributed by atoms with E-state index in [-0.39, 0.29) is 18.2 Å². The normalized spacial score (nSPS) is 17.3. The second kappa shape index (κ2) is 8.40. The summed E-state index contributed by atoms with van der Waals surface area (Å²) < 4.78 is 10.5. The molecule has 1 fully saturated rings. The molecule has 144 valence electrons. The molecule has 1 heterocycles. The number of nitrogens with one attached hydrogen (secondary N) is 1. The van der Waals surface area contributed by atoms with Gasteiger partial charge in [-0.25, -0.2) is 0 Å². The van der Waals surface area contributed by atoms with Gasteiger partial charge in [-0.05, 0) is 12.8 Å². The van der Waals surface area contributed by atoms with E-state index in [0.717, 1.165) is 12.8 Å². The topological polar surface area (TPSA) is 93.9 Å². The van der Waals surface area contributed by atoms with Gasteiger partial charge in [0.05, 0.1) is 31.4 Å². The summed E-state index contributed by atoms with van der Waals surface area (Å²) in [5.74, 6) is 0.582. The number of nitrogens with zero attached hydrogens (tertiary/aromatic N) is 1. The Morgan fingerprint density at radius 1 is 1.23 bits per heavy atom. The molecule has 7 nitrogen and oxygen atoms in total. The van der Waals surface area contributed by atoms with Crippen LogP contribution in [0.4, 0.5) is 5.69 Å². The van der Waals surface area contributed by atoms with E-state index in [4.69, 9.17) is 15.2 Å². The fourth-order valence-corrected chi connectivity index (χ4v) is 3.21. The molecule has 1 unspecified atom stereocenters. The molecule has 0 aliphatic carbocycles. The Morgan fingerprint density at radius 3 is 2.27 bits per heavy atom. The highest BCUT2D eigenvalue weighted by Gasteiger charge is 2.38. The summed E-state index contributed by atoms with van der Waals surface area (Å²) in [6.45, 7) is 4.72. The van der Waals surface area contributed by atoms with Crippen molar-refractivity contribution in [1.82, 2.24) is 5.32 Å². The highest BCUT2D eigenvalue weighted by molar-refractivity contribution is 6.00. The smallest absolute Gasteiger partial charge is 0.227 e. The minimum absolute atomic E-state index is 0.0909. The first-order chi connectivity index (χ1) is 12.4. The molecule has 0 bridgehead atoms. The minimum Gasteiger partial charge on any atom is -0.497 e. The van der Waals surface area contributed by atoms with E-state index >= 15 is 0 Å². The van der Waals surface area contributed by atoms with E-state index in [1.54, 1.807) is 37.3 Å². The average molecular weight is 363 g/mol. The molecule has 0 spiro atoms. The Morgan fingerprint density at radius 2 is 1.81 bits per heavy atom. The van der Waals surface area contributed by atoms with Crippen molar-refractivity contribution in [2.45, 2.75) is 38.6 Å². The van der Waals surface area contributed by atoms with Crippen LogP contribution in [0.15, 0.2) is 18.2 Å². The highest BCUT2D eigenvalue weighted by Crippen LogP contribution is 2.32. The van der Waals surface area contributed by atoms with Crippen LogP contribution < -0.4 is 25.4 Å². The number of ether oxygens (including phenoxy) is 2. The molecule has 1 aromatic rings. The second-order valence-electron chi connectivity index (χ2n) is 6.66. The average Bonchev–Trinajstić information content (AvgIpc) is 3.07. The summed E-state index contributed by atoms with van der Waals surface area (Å²) in [5, 5.41) is 3.07. The van der Waals surface area contributed by atoms with Gasteiger partial charge < -0.3 is 25.4 Å². The van der Waals surface area contributed by atoms with Gasteiger partial charge in [0.2, 0.25) is 11.8 Å². The number of methoxy groups -OCH3 is 2. The van der Waals surface area contributed by atoms with Gasteiger partial charge in [-0.1, -0.05) is 13.8 Å². The van der Waals surface area contributed by atoms with Gasteiger partial charge in [-0.2, -0.15) is 0 Å². The van der Waals surface area contributed by atoms with Crippen molar-refractivity contribution >= 4 is 17.5 Å². The Balaban J connectivity index is 2.17. The number of amides is 2. The van der Waals surface area contributed by atoms with E-state index in [2.05, 4.69) is 5.32 Å². The van der Waals surface area contributed by atoms with Crippen molar-refractivity contribution in [3.63, 3.8) is 0 Å². The number of hydrogen-bond donors (Lipinski definition) is 2. The summed E-state index contributed by atoms with van der Waals surface area (Å²) in [6.07, 6.45) is 1.69. The Hall–Kier alpha value is -2.28. The van der Waals surface area contributed by atoms with Crippen LogP contribution in [0.2, 0.25) is 0 Å². The molecule has 0 radical (unpaired) electrons. The van der Waals surface area contributed by atoms with Gasteiger partial charge >= 0.3 is 0 Å². The highest BCUT2D eigenvalue weighted by atomic mass is 16.5. The van der Waals surface area contributed by atoms with Crippen LogP contribution in [0.3, 0.4) is 0 Å². The first-order valence-corrected chi connectivity index (χ1v) is 8.97. The number of anilines is 1. The van der Waals surface area contributed by atoms with Crippen LogP contribution in [0, 0.1) is 5.92 Å². The zero-order valence-corrected chi connectivity index (χ0v) is 16.0. The van der Waals surface area contributed by atoms with Crippen molar-refractivity contribution in [1.29, 1.82) is 0 Å². The van der Waals surface area contributed by atoms with Crippen LogP contribution in [0.25, 0.3) is 0 Å². The molecule has 1 atom stereocenters. The van der Waals surface area contributed by atoms with E-state index in [1.807, 2.05) is 13.8 Å². The largest absolute Gasteiger partial charge is 0.497 e. The predicted octanol–water partition coefficient (Wildman–Crippen LogP) is 1.69. The lowest BCUT2D eigenvalue weighted by atomic mass is 9.91. The van der Waals surface area contributed by atoms with Gasteiger partial charge in [0.15, 0.2) is 0 Å². The summed E-state index contributed by atoms with van der Waals surface area (Å²) in [6, 6.07) is 5.28. The van der Waals surface area contributed by atoms with E-state index in [9.17, 15) is 9.59 Å². The molecule has 0 aromatic heterocycles. The van der Waals surface area contributed by atoms with E-state index < -0.39 is 11.5 Å². The zero-order chi connectivity index (χ0) is 19.3. The van der Waals surface area contributed by atoms with E-state index in [0.29, 0.717) is 30.3 Å². The molecule has 2 rings (SSSR count). The minimum atomic E-state index is -0.410. The van der Waals surface area contributed by atoms with Crippen LogP contribution >= 0.6 is 0 Å². The molecule has 1 aliphatic rings. The van der Waals surface area contributed by atoms with Crippen LogP contribution in [-0.2, 0) is 9.59 Å². The Bertz CT molecular complexity index is 628. The number of carbonyl (C=O) groups is 2. The number of nitrogens with two attached hydrogens (primary N) is 1. The maximum Gasteiger partial charge on any atom is 0.227 e. The molecular formula is C19H29N3O4. The van der Waals surface area contributed by atoms with Crippen LogP contribution in [0.1, 0.15) is 33.1 Å². The summed E-state index contributed by atoms with van der Waals surface area (Å²) in [4.78, 5) is 26.8. The van der Waals surface area contributed by atoms with Crippen molar-refractivity contribution in [3.05, 3.63) is 18.2 Å². The standard InChI is InChI=1S/C19H29N3O4/c1-5-19(6-2,12-20)21-18(24)13-7-17(23)22(11-13)14-8-15(25-3)10-16(9-14)26-4/h8-10,13H,5-7,11-12,20H2,1-4H3,(H,21,24). The Kier molecular flexibility index (Phi) is 6.47. The third-order valence-electron chi connectivity index (χ3n) is 5.28. The number of carbonyl (C=O) groups excluding carboxylic acids is 2. The lowest BCUT2D eigenvalue weighted by Gasteiger charge is -2.32. The van der Waals surface area contributed by atoms with Gasteiger partial charge in [-0.3, -0.25) is 9.59 Å². The van der Waals surface area contributed by atoms with Gasteiger partial charge in [0.25, 0.3) is 0 Å². The third kappa shape index (κ3) is 4.09. The fraction of sp³-hybridized carbons (Fsp3) is 0.579. The predicted molar refractivity (Wildman–Crippen MR) is 101 cm³/mol. The van der Waals surface area contributed by atoms with Gasteiger partial charge in [0.1, 0.15) is 11.5 Å². The molecule has 2 amide bonds. The number of benzene rings is 1. The zero-order valence-electron chi connectivity index (χ0n) is 16.0. The number of hydrogen-bond acceptors (Lipinski definition) is 5. The van der Waals surface area contributed by atoms with Crippen molar-refractivity contribution < 1.29 is 19.1 Å². The first kappa shape index (κ1) is 20.0. The molecular weight excluding hydrogens is 334 g/mol. The fourth-order valence-electron chi connectivity index (χ4n) is 3.21. The van der Waals surface area contributed by atoms with Crippen LogP contribution in [-0.4, -0.2) is 44.7 Å². The molecule has 26 heavy (non-hydrogen) atoms. The summed E-state index contributed by atoms with van der Waals surface area (Å²) in [7, 11) is 3.12. The molecule has 3 N–H and O–H groups in total. The lowest BCUT2D eigenvalue weighted by Crippen LogP contribution is -2.54. The molecule has 1 aliphatic heterocycles. The van der Waals surface area contributed by atoms with E-state index in [1.165, 1.54) is 0 Å². The second-order valence-corrected chi connectivity index (χ2v) is 6.66. The first-order valence-electron chi connectivity index (χ1n) is 8.97. The number of rotatable bonds is 8. The summed E-state index contributed by atoms with van der Waals surface area (Å²) >= 11 is 0. The monoisotopic (exact) mass is 363 g/mol. The maximum absolute atomic E-state index is 12.7. The van der Waals surface area contributed by atoms with Gasteiger partial charge in [0, 0.05) is 37.7 Å². The molecule has 0 saturated carbocycles. The van der Waals surface area contributed by atoms with Crippen LogP contribution in [0.5, 0.6) is 11.5 Å². The SMILES string of the molecule is CCC(CC)(CN)NC(=O)C1CC(=O)N(c2cc(OC)cc(OC)c2)C1. The molecule has 1 aromatic carbocycles. The Labute approximate surface area is 154 Å². The third-order valence-corrected chi connectivity index (χ3v) is 5.28. The molecule has 1 saturated heterocycles. The van der Waals surface area contributed by atoms with Crippen molar-refractivity contribution in [2.75, 3.05) is 32.2 Å². The van der Waals surface area contributed by atoms with Gasteiger partial charge in [-0.15, -0.1) is 0 Å².